The third kappa shape index (κ3) is 3.86. The van der Waals surface area contributed by atoms with Crippen LogP contribution in [0.4, 0.5) is 10.1 Å². The van der Waals surface area contributed by atoms with Gasteiger partial charge in [0.25, 0.3) is 0 Å². The highest BCUT2D eigenvalue weighted by Crippen LogP contribution is 2.28. The highest BCUT2D eigenvalue weighted by atomic mass is 35.5. The number of esters is 1. The monoisotopic (exact) mass is 327 g/mol. The summed E-state index contributed by atoms with van der Waals surface area (Å²) in [5, 5.41) is 3.64. The molecule has 0 aliphatic heterocycles. The van der Waals surface area contributed by atoms with E-state index in [4.69, 9.17) is 27.9 Å². The third-order valence-electron chi connectivity index (χ3n) is 2.85. The second-order valence-electron chi connectivity index (χ2n) is 4.28. The van der Waals surface area contributed by atoms with Crippen LogP contribution < -0.4 is 5.32 Å². The van der Waals surface area contributed by atoms with Gasteiger partial charge >= 0.3 is 5.97 Å². The van der Waals surface area contributed by atoms with Crippen LogP contribution in [-0.4, -0.2) is 13.1 Å². The Morgan fingerprint density at radius 1 is 1.24 bits per heavy atom. The maximum Gasteiger partial charge on any atom is 0.333 e. The zero-order valence-electron chi connectivity index (χ0n) is 11.1. The molecular formula is C15H12Cl2FNO2. The lowest BCUT2D eigenvalue weighted by Gasteiger charge is -2.19. The van der Waals surface area contributed by atoms with Gasteiger partial charge in [0.1, 0.15) is 5.82 Å². The first-order valence-electron chi connectivity index (χ1n) is 6.06. The van der Waals surface area contributed by atoms with Gasteiger partial charge in [0.2, 0.25) is 0 Å². The molecule has 0 bridgehead atoms. The lowest BCUT2D eigenvalue weighted by molar-refractivity contribution is -0.141. The van der Waals surface area contributed by atoms with Crippen molar-refractivity contribution >= 4 is 34.9 Å². The molecule has 0 aromatic heterocycles. The molecule has 0 aliphatic carbocycles. The average molecular weight is 328 g/mol. The Bertz CT molecular complexity index is 664. The third-order valence-corrected chi connectivity index (χ3v) is 3.41. The van der Waals surface area contributed by atoms with Crippen LogP contribution in [0.5, 0.6) is 0 Å². The van der Waals surface area contributed by atoms with Crippen molar-refractivity contribution in [2.75, 3.05) is 12.4 Å². The highest BCUT2D eigenvalue weighted by Gasteiger charge is 2.24. The van der Waals surface area contributed by atoms with Crippen molar-refractivity contribution in [1.29, 1.82) is 0 Å². The van der Waals surface area contributed by atoms with Crippen molar-refractivity contribution < 1.29 is 13.9 Å². The van der Waals surface area contributed by atoms with E-state index in [1.165, 1.54) is 19.2 Å². The molecule has 0 saturated carbocycles. The van der Waals surface area contributed by atoms with E-state index in [1.54, 1.807) is 24.3 Å². The average Bonchev–Trinajstić information content (AvgIpc) is 2.45. The summed E-state index contributed by atoms with van der Waals surface area (Å²) in [6, 6.07) is 9.83. The fraction of sp³-hybridized carbons (Fsp3) is 0.133. The zero-order chi connectivity index (χ0) is 15.4. The molecule has 0 saturated heterocycles. The fourth-order valence-corrected chi connectivity index (χ4v) is 2.33. The van der Waals surface area contributed by atoms with Crippen molar-refractivity contribution in [3.63, 3.8) is 0 Å². The molecule has 2 aromatic carbocycles. The minimum absolute atomic E-state index is 0.139. The summed E-state index contributed by atoms with van der Waals surface area (Å²) in [5.41, 5.74) is 1.04. The Hall–Kier alpha value is -1.78. The maximum atomic E-state index is 13.1. The molecule has 0 spiro atoms. The molecule has 21 heavy (non-hydrogen) atoms. The number of methoxy groups -OCH3 is 1. The molecule has 0 aliphatic rings. The smallest absolute Gasteiger partial charge is 0.333 e. The normalized spacial score (nSPS) is 11.8. The Morgan fingerprint density at radius 3 is 2.62 bits per heavy atom. The van der Waals surface area contributed by atoms with Gasteiger partial charge in [-0.2, -0.15) is 0 Å². The first-order chi connectivity index (χ1) is 10.0. The lowest BCUT2D eigenvalue weighted by Crippen LogP contribution is -2.22. The van der Waals surface area contributed by atoms with Gasteiger partial charge in [-0.25, -0.2) is 9.18 Å². The summed E-state index contributed by atoms with van der Waals surface area (Å²) in [4.78, 5) is 12.0. The Morgan fingerprint density at radius 2 is 2.00 bits per heavy atom. The molecule has 1 N–H and O–H groups in total. The fourth-order valence-electron chi connectivity index (χ4n) is 1.86. The molecule has 1 unspecified atom stereocenters. The molecule has 110 valence electrons. The van der Waals surface area contributed by atoms with Crippen molar-refractivity contribution in [2.45, 2.75) is 6.04 Å². The Labute approximate surface area is 131 Å². The Kier molecular flexibility index (Phi) is 5.04. The van der Waals surface area contributed by atoms with E-state index in [2.05, 4.69) is 5.32 Å². The number of anilines is 1. The van der Waals surface area contributed by atoms with Crippen molar-refractivity contribution in [3.05, 3.63) is 63.9 Å². The van der Waals surface area contributed by atoms with Crippen molar-refractivity contribution in [3.8, 4) is 0 Å². The number of carbonyl (C=O) groups excluding carboxylic acids is 1. The van der Waals surface area contributed by atoms with Gasteiger partial charge in [0.05, 0.1) is 7.11 Å². The minimum atomic E-state index is -0.860. The van der Waals surface area contributed by atoms with Gasteiger partial charge in [-0.05, 0) is 30.3 Å². The number of nitrogens with one attached hydrogen (secondary N) is 1. The predicted molar refractivity (Wildman–Crippen MR) is 81.2 cm³/mol. The molecule has 1 atom stereocenters. The quantitative estimate of drug-likeness (QED) is 0.842. The van der Waals surface area contributed by atoms with E-state index < -0.39 is 17.8 Å². The number of ether oxygens (including phenoxy) is 1. The number of halogens is 3. The number of benzene rings is 2. The topological polar surface area (TPSA) is 38.3 Å². The van der Waals surface area contributed by atoms with E-state index in [-0.39, 0.29) is 5.02 Å². The molecule has 0 radical (unpaired) electrons. The molecule has 3 nitrogen and oxygen atoms in total. The van der Waals surface area contributed by atoms with Crippen LogP contribution in [0.2, 0.25) is 10.0 Å². The van der Waals surface area contributed by atoms with Crippen LogP contribution in [0, 0.1) is 5.82 Å². The lowest BCUT2D eigenvalue weighted by atomic mass is 10.1. The molecule has 0 amide bonds. The summed E-state index contributed by atoms with van der Waals surface area (Å²) in [6.45, 7) is 0. The first-order valence-corrected chi connectivity index (χ1v) is 6.81. The summed E-state index contributed by atoms with van der Waals surface area (Å²) in [7, 11) is 1.27. The number of rotatable bonds is 4. The van der Waals surface area contributed by atoms with Crippen LogP contribution >= 0.6 is 23.2 Å². The van der Waals surface area contributed by atoms with Crippen molar-refractivity contribution in [1.82, 2.24) is 0 Å². The first kappa shape index (κ1) is 15.6. The number of hydrogen-bond donors (Lipinski definition) is 1. The Balaban J connectivity index is 2.37. The van der Waals surface area contributed by atoms with Crippen LogP contribution in [0.1, 0.15) is 11.6 Å². The summed E-state index contributed by atoms with van der Waals surface area (Å²) in [5.74, 6) is -1.02. The van der Waals surface area contributed by atoms with Crippen LogP contribution in [0.15, 0.2) is 42.5 Å². The van der Waals surface area contributed by atoms with Crippen LogP contribution in [0.3, 0.4) is 0 Å². The molecule has 2 rings (SSSR count). The second-order valence-corrected chi connectivity index (χ2v) is 5.12. The SMILES string of the molecule is COC(=O)C(Nc1cccc(Cl)c1)c1ccc(F)cc1Cl. The summed E-state index contributed by atoms with van der Waals surface area (Å²) in [6.07, 6.45) is 0. The number of carbonyl (C=O) groups is 1. The van der Waals surface area contributed by atoms with Crippen LogP contribution in [0.25, 0.3) is 0 Å². The highest BCUT2D eigenvalue weighted by molar-refractivity contribution is 6.31. The second kappa shape index (κ2) is 6.78. The standard InChI is InChI=1S/C15H12Cl2FNO2/c1-21-15(20)14(12-6-5-10(18)8-13(12)17)19-11-4-2-3-9(16)7-11/h2-8,14,19H,1H3. The van der Waals surface area contributed by atoms with Gasteiger partial charge in [-0.1, -0.05) is 35.3 Å². The van der Waals surface area contributed by atoms with Gasteiger partial charge in [-0.3, -0.25) is 0 Å². The molecule has 2 aromatic rings. The van der Waals surface area contributed by atoms with E-state index >= 15 is 0 Å². The molecule has 6 heteroatoms. The minimum Gasteiger partial charge on any atom is -0.467 e. The maximum absolute atomic E-state index is 13.1. The summed E-state index contributed by atoms with van der Waals surface area (Å²) < 4.78 is 17.9. The summed E-state index contributed by atoms with van der Waals surface area (Å²) >= 11 is 11.9. The van der Waals surface area contributed by atoms with Gasteiger partial charge in [0, 0.05) is 21.3 Å². The van der Waals surface area contributed by atoms with E-state index in [0.717, 1.165) is 6.07 Å². The van der Waals surface area contributed by atoms with E-state index in [9.17, 15) is 9.18 Å². The molecule has 0 heterocycles. The van der Waals surface area contributed by atoms with Gasteiger partial charge in [-0.15, -0.1) is 0 Å². The van der Waals surface area contributed by atoms with E-state index in [0.29, 0.717) is 16.3 Å². The molecular weight excluding hydrogens is 316 g/mol. The van der Waals surface area contributed by atoms with Crippen LogP contribution in [-0.2, 0) is 9.53 Å². The zero-order valence-corrected chi connectivity index (χ0v) is 12.6. The molecule has 0 fully saturated rings. The van der Waals surface area contributed by atoms with Gasteiger partial charge < -0.3 is 10.1 Å². The van der Waals surface area contributed by atoms with Gasteiger partial charge in [0.15, 0.2) is 6.04 Å². The van der Waals surface area contributed by atoms with E-state index in [1.807, 2.05) is 0 Å². The van der Waals surface area contributed by atoms with Crippen molar-refractivity contribution in [2.24, 2.45) is 0 Å². The predicted octanol–water partition coefficient (Wildman–Crippen LogP) is 4.46. The number of hydrogen-bond acceptors (Lipinski definition) is 3. The largest absolute Gasteiger partial charge is 0.467 e.